The summed E-state index contributed by atoms with van der Waals surface area (Å²) < 4.78 is 0. The van der Waals surface area contributed by atoms with Gasteiger partial charge >= 0.3 is 5.97 Å². The lowest BCUT2D eigenvalue weighted by atomic mass is 10.2. The summed E-state index contributed by atoms with van der Waals surface area (Å²) in [5, 5.41) is 20.8. The number of carboxylic acid groups (broad SMARTS) is 1. The minimum absolute atomic E-state index is 0.191. The van der Waals surface area contributed by atoms with Gasteiger partial charge in [0.2, 0.25) is 0 Å². The molecule has 0 aromatic heterocycles. The molecule has 0 bridgehead atoms. The molecule has 3 N–H and O–H groups in total. The van der Waals surface area contributed by atoms with E-state index in [2.05, 4.69) is 12.2 Å². The van der Waals surface area contributed by atoms with E-state index in [4.69, 9.17) is 5.11 Å². The van der Waals surface area contributed by atoms with Crippen molar-refractivity contribution in [2.75, 3.05) is 18.1 Å². The molecule has 4 nitrogen and oxygen atoms in total. The van der Waals surface area contributed by atoms with Gasteiger partial charge in [0, 0.05) is 12.6 Å². The van der Waals surface area contributed by atoms with Crippen LogP contribution in [0.1, 0.15) is 26.7 Å². The van der Waals surface area contributed by atoms with Crippen molar-refractivity contribution in [1.29, 1.82) is 0 Å². The van der Waals surface area contributed by atoms with Gasteiger partial charge < -0.3 is 15.5 Å². The highest BCUT2D eigenvalue weighted by molar-refractivity contribution is 7.99. The highest BCUT2D eigenvalue weighted by Gasteiger charge is 2.10. The van der Waals surface area contributed by atoms with Crippen LogP contribution in [0.3, 0.4) is 0 Å². The van der Waals surface area contributed by atoms with E-state index in [9.17, 15) is 9.90 Å². The number of aliphatic carboxylic acids is 1. The number of nitrogens with one attached hydrogen (secondary N) is 1. The van der Waals surface area contributed by atoms with Gasteiger partial charge in [-0.15, -0.1) is 0 Å². The smallest absolute Gasteiger partial charge is 0.306 e. The largest absolute Gasteiger partial charge is 0.481 e. The molecular formula is C10H21NO3S. The molecule has 0 aromatic carbocycles. The van der Waals surface area contributed by atoms with Crippen LogP contribution in [0.25, 0.3) is 0 Å². The Kier molecular flexibility index (Phi) is 8.85. The number of hydrogen-bond acceptors (Lipinski definition) is 4. The van der Waals surface area contributed by atoms with E-state index in [1.165, 1.54) is 0 Å². The van der Waals surface area contributed by atoms with Crippen molar-refractivity contribution < 1.29 is 15.0 Å². The molecule has 0 rings (SSSR count). The Labute approximate surface area is 95.4 Å². The first-order valence-corrected chi connectivity index (χ1v) is 6.42. The Morgan fingerprint density at radius 3 is 2.73 bits per heavy atom. The van der Waals surface area contributed by atoms with Crippen LogP contribution >= 0.6 is 11.8 Å². The lowest BCUT2D eigenvalue weighted by Crippen LogP contribution is -2.35. The van der Waals surface area contributed by atoms with Crippen LogP contribution in [-0.4, -0.2) is 46.4 Å². The van der Waals surface area contributed by atoms with E-state index in [-0.39, 0.29) is 6.42 Å². The zero-order valence-corrected chi connectivity index (χ0v) is 10.2. The molecule has 15 heavy (non-hydrogen) atoms. The topological polar surface area (TPSA) is 69.6 Å². The number of rotatable bonds is 9. The quantitative estimate of drug-likeness (QED) is 0.519. The van der Waals surface area contributed by atoms with Gasteiger partial charge in [-0.3, -0.25) is 4.79 Å². The van der Waals surface area contributed by atoms with Crippen LogP contribution in [0.2, 0.25) is 0 Å². The predicted octanol–water partition coefficient (Wildman–Crippen LogP) is 0.943. The fourth-order valence-electron chi connectivity index (χ4n) is 1.12. The molecular weight excluding hydrogens is 214 g/mol. The van der Waals surface area contributed by atoms with Gasteiger partial charge in [-0.05, 0) is 24.9 Å². The van der Waals surface area contributed by atoms with Crippen LogP contribution in [0.4, 0.5) is 0 Å². The van der Waals surface area contributed by atoms with Crippen LogP contribution in [0.15, 0.2) is 0 Å². The summed E-state index contributed by atoms with van der Waals surface area (Å²) in [7, 11) is 0. The fraction of sp³-hybridized carbons (Fsp3) is 0.900. The third kappa shape index (κ3) is 10.0. The van der Waals surface area contributed by atoms with Gasteiger partial charge in [0.05, 0.1) is 12.5 Å². The SMILES string of the molecule is CCSCCC(C)NCC(O)CC(=O)O. The van der Waals surface area contributed by atoms with Crippen LogP contribution < -0.4 is 5.32 Å². The maximum absolute atomic E-state index is 10.3. The zero-order chi connectivity index (χ0) is 11.7. The Hall–Kier alpha value is -0.260. The lowest BCUT2D eigenvalue weighted by Gasteiger charge is -2.15. The Balaban J connectivity index is 3.43. The van der Waals surface area contributed by atoms with Gasteiger partial charge in [0.25, 0.3) is 0 Å². The second kappa shape index (κ2) is 9.00. The monoisotopic (exact) mass is 235 g/mol. The van der Waals surface area contributed by atoms with Crippen molar-refractivity contribution in [2.24, 2.45) is 0 Å². The van der Waals surface area contributed by atoms with Gasteiger partial charge in [-0.25, -0.2) is 0 Å². The minimum Gasteiger partial charge on any atom is -0.481 e. The first kappa shape index (κ1) is 14.7. The van der Waals surface area contributed by atoms with Crippen molar-refractivity contribution in [3.05, 3.63) is 0 Å². The second-order valence-corrected chi connectivity index (χ2v) is 4.94. The van der Waals surface area contributed by atoms with Crippen LogP contribution in [0, 0.1) is 0 Å². The minimum atomic E-state index is -0.960. The first-order chi connectivity index (χ1) is 7.06. The summed E-state index contributed by atoms with van der Waals surface area (Å²) in [6, 6.07) is 0.326. The summed E-state index contributed by atoms with van der Waals surface area (Å²) in [5.74, 6) is 1.26. The van der Waals surface area contributed by atoms with Crippen LogP contribution in [0.5, 0.6) is 0 Å². The average molecular weight is 235 g/mol. The molecule has 0 aliphatic carbocycles. The number of aliphatic hydroxyl groups is 1. The zero-order valence-electron chi connectivity index (χ0n) is 9.40. The van der Waals surface area contributed by atoms with Crippen molar-refractivity contribution in [1.82, 2.24) is 5.32 Å². The van der Waals surface area contributed by atoms with E-state index in [0.717, 1.165) is 17.9 Å². The third-order valence-corrected chi connectivity index (χ3v) is 2.94. The highest BCUT2D eigenvalue weighted by Crippen LogP contribution is 2.03. The Morgan fingerprint density at radius 1 is 1.53 bits per heavy atom. The molecule has 5 heteroatoms. The summed E-state index contributed by atoms with van der Waals surface area (Å²) in [6.45, 7) is 4.52. The maximum atomic E-state index is 10.3. The average Bonchev–Trinajstić information content (AvgIpc) is 2.14. The number of aliphatic hydroxyl groups excluding tert-OH is 1. The van der Waals surface area contributed by atoms with Crippen molar-refractivity contribution in [3.8, 4) is 0 Å². The van der Waals surface area contributed by atoms with Crippen molar-refractivity contribution >= 4 is 17.7 Å². The molecule has 0 saturated carbocycles. The van der Waals surface area contributed by atoms with E-state index in [1.807, 2.05) is 18.7 Å². The number of carbonyl (C=O) groups is 1. The molecule has 0 aliphatic heterocycles. The molecule has 0 saturated heterocycles. The molecule has 0 amide bonds. The number of carboxylic acids is 1. The summed E-state index contributed by atoms with van der Waals surface area (Å²) in [5.41, 5.74) is 0. The van der Waals surface area contributed by atoms with Gasteiger partial charge in [-0.1, -0.05) is 6.92 Å². The third-order valence-electron chi connectivity index (χ3n) is 2.01. The molecule has 2 atom stereocenters. The van der Waals surface area contributed by atoms with Gasteiger partial charge in [0.1, 0.15) is 0 Å². The fourth-order valence-corrected chi connectivity index (χ4v) is 1.93. The lowest BCUT2D eigenvalue weighted by molar-refractivity contribution is -0.139. The molecule has 0 fully saturated rings. The maximum Gasteiger partial charge on any atom is 0.306 e. The Bertz CT molecular complexity index is 178. The molecule has 90 valence electrons. The predicted molar refractivity (Wildman–Crippen MR) is 63.3 cm³/mol. The first-order valence-electron chi connectivity index (χ1n) is 5.27. The number of hydrogen-bond donors (Lipinski definition) is 3. The summed E-state index contributed by atoms with van der Waals surface area (Å²) in [4.78, 5) is 10.3. The van der Waals surface area contributed by atoms with Gasteiger partial charge in [-0.2, -0.15) is 11.8 Å². The van der Waals surface area contributed by atoms with E-state index in [0.29, 0.717) is 12.6 Å². The molecule has 0 aromatic rings. The summed E-state index contributed by atoms with van der Waals surface area (Å²) in [6.07, 6.45) is 0.0608. The second-order valence-electron chi connectivity index (χ2n) is 3.55. The molecule has 0 spiro atoms. The highest BCUT2D eigenvalue weighted by atomic mass is 32.2. The Morgan fingerprint density at radius 2 is 2.20 bits per heavy atom. The van der Waals surface area contributed by atoms with E-state index >= 15 is 0 Å². The van der Waals surface area contributed by atoms with Gasteiger partial charge in [0.15, 0.2) is 0 Å². The molecule has 2 unspecified atom stereocenters. The van der Waals surface area contributed by atoms with E-state index < -0.39 is 12.1 Å². The van der Waals surface area contributed by atoms with Crippen LogP contribution in [-0.2, 0) is 4.79 Å². The molecule has 0 aliphatic rings. The van der Waals surface area contributed by atoms with Crippen molar-refractivity contribution in [3.63, 3.8) is 0 Å². The number of thioether (sulfide) groups is 1. The molecule has 0 radical (unpaired) electrons. The normalized spacial score (nSPS) is 14.9. The van der Waals surface area contributed by atoms with E-state index in [1.54, 1.807) is 0 Å². The summed E-state index contributed by atoms with van der Waals surface area (Å²) >= 11 is 1.88. The molecule has 0 heterocycles. The standard InChI is InChI=1S/C10H21NO3S/c1-3-15-5-4-8(2)11-7-9(12)6-10(13)14/h8-9,11-12H,3-7H2,1-2H3,(H,13,14). The van der Waals surface area contributed by atoms with Crippen molar-refractivity contribution in [2.45, 2.75) is 38.8 Å².